The van der Waals surface area contributed by atoms with Crippen LogP contribution in [0.15, 0.2) is 53.7 Å². The van der Waals surface area contributed by atoms with Gasteiger partial charge in [-0.15, -0.1) is 0 Å². The number of carbonyl (C=O) groups excluding carboxylic acids is 1. The molecule has 0 aliphatic carbocycles. The van der Waals surface area contributed by atoms with Crippen molar-refractivity contribution in [1.82, 2.24) is 10.2 Å². The number of rotatable bonds is 5. The number of amides is 1. The fourth-order valence-electron chi connectivity index (χ4n) is 2.39. The predicted octanol–water partition coefficient (Wildman–Crippen LogP) is 3.22. The minimum Gasteiger partial charge on any atom is -0.322 e. The summed E-state index contributed by atoms with van der Waals surface area (Å²) in [5.41, 5.74) is 1.88. The first kappa shape index (κ1) is 18.6. The minimum atomic E-state index is -4.05. The highest BCUT2D eigenvalue weighted by atomic mass is 32.2. The Morgan fingerprint density at radius 1 is 1.07 bits per heavy atom. The largest absolute Gasteiger partial charge is 0.322 e. The van der Waals surface area contributed by atoms with E-state index in [2.05, 4.69) is 20.2 Å². The third kappa shape index (κ3) is 4.14. The number of hydrogen-bond donors (Lipinski definition) is 3. The molecule has 27 heavy (non-hydrogen) atoms. The van der Waals surface area contributed by atoms with Crippen molar-refractivity contribution < 1.29 is 17.6 Å². The Kier molecular flexibility index (Phi) is 4.95. The van der Waals surface area contributed by atoms with Crippen molar-refractivity contribution in [2.24, 2.45) is 0 Å². The highest BCUT2D eigenvalue weighted by molar-refractivity contribution is 7.92. The Balaban J connectivity index is 1.84. The van der Waals surface area contributed by atoms with E-state index >= 15 is 0 Å². The first-order valence-corrected chi connectivity index (χ1v) is 9.45. The Morgan fingerprint density at radius 3 is 2.41 bits per heavy atom. The molecule has 0 fully saturated rings. The van der Waals surface area contributed by atoms with Crippen LogP contribution in [0.25, 0.3) is 0 Å². The standard InChI is InChI=1S/C18H17FN4O3S/c1-11-3-5-13(6-4-11)23-27(25,26)18-15(10-20-22-18)17(24)21-14-7-8-16(19)12(2)9-14/h3-10,23H,1-2H3,(H,20,22)(H,21,24). The number of aryl methyl sites for hydroxylation is 2. The normalized spacial score (nSPS) is 11.2. The summed E-state index contributed by atoms with van der Waals surface area (Å²) in [4.78, 5) is 12.5. The molecule has 2 aromatic carbocycles. The summed E-state index contributed by atoms with van der Waals surface area (Å²) < 4.78 is 41.0. The van der Waals surface area contributed by atoms with Gasteiger partial charge in [0.2, 0.25) is 0 Å². The quantitative estimate of drug-likeness (QED) is 0.624. The lowest BCUT2D eigenvalue weighted by Gasteiger charge is -2.09. The Morgan fingerprint density at radius 2 is 1.74 bits per heavy atom. The summed E-state index contributed by atoms with van der Waals surface area (Å²) in [6, 6.07) is 10.8. The number of sulfonamides is 1. The van der Waals surface area contributed by atoms with Gasteiger partial charge >= 0.3 is 0 Å². The molecule has 1 aromatic heterocycles. The second-order valence-corrected chi connectivity index (χ2v) is 7.62. The molecule has 0 bridgehead atoms. The van der Waals surface area contributed by atoms with Crippen LogP contribution in [-0.4, -0.2) is 24.5 Å². The number of aromatic nitrogens is 2. The van der Waals surface area contributed by atoms with E-state index in [1.165, 1.54) is 18.2 Å². The number of benzene rings is 2. The molecule has 9 heteroatoms. The van der Waals surface area contributed by atoms with Crippen LogP contribution in [0.5, 0.6) is 0 Å². The molecule has 0 saturated heterocycles. The molecule has 0 aliphatic rings. The Bertz CT molecular complexity index is 1090. The van der Waals surface area contributed by atoms with Gasteiger partial charge in [-0.2, -0.15) is 13.5 Å². The maximum Gasteiger partial charge on any atom is 0.279 e. The molecule has 0 atom stereocenters. The second kappa shape index (κ2) is 7.20. The van der Waals surface area contributed by atoms with E-state index in [4.69, 9.17) is 0 Å². The highest BCUT2D eigenvalue weighted by Gasteiger charge is 2.25. The topological polar surface area (TPSA) is 104 Å². The van der Waals surface area contributed by atoms with E-state index in [1.807, 2.05) is 6.92 Å². The molecule has 0 aliphatic heterocycles. The number of carbonyl (C=O) groups is 1. The molecule has 3 rings (SSSR count). The first-order chi connectivity index (χ1) is 12.8. The van der Waals surface area contributed by atoms with Crippen molar-refractivity contribution in [1.29, 1.82) is 0 Å². The van der Waals surface area contributed by atoms with Crippen molar-refractivity contribution >= 4 is 27.3 Å². The van der Waals surface area contributed by atoms with E-state index < -0.39 is 21.7 Å². The lowest BCUT2D eigenvalue weighted by Crippen LogP contribution is -2.19. The summed E-state index contributed by atoms with van der Waals surface area (Å²) in [6.07, 6.45) is 1.12. The predicted molar refractivity (Wildman–Crippen MR) is 99.7 cm³/mol. The van der Waals surface area contributed by atoms with Gasteiger partial charge in [-0.05, 0) is 49.7 Å². The van der Waals surface area contributed by atoms with Crippen LogP contribution in [-0.2, 0) is 10.0 Å². The molecule has 3 aromatic rings. The summed E-state index contributed by atoms with van der Waals surface area (Å²) in [7, 11) is -4.05. The molecule has 3 N–H and O–H groups in total. The van der Waals surface area contributed by atoms with Crippen molar-refractivity contribution in [2.75, 3.05) is 10.0 Å². The molecular formula is C18H17FN4O3S. The Labute approximate surface area is 155 Å². The average molecular weight is 388 g/mol. The lowest BCUT2D eigenvalue weighted by molar-refractivity contribution is 0.102. The van der Waals surface area contributed by atoms with E-state index in [1.54, 1.807) is 31.2 Å². The molecule has 0 spiro atoms. The van der Waals surface area contributed by atoms with E-state index in [0.717, 1.165) is 11.8 Å². The summed E-state index contributed by atoms with van der Waals surface area (Å²) in [6.45, 7) is 3.44. The van der Waals surface area contributed by atoms with Crippen molar-refractivity contribution in [3.63, 3.8) is 0 Å². The van der Waals surface area contributed by atoms with Gasteiger partial charge in [0.15, 0.2) is 5.03 Å². The molecule has 1 heterocycles. The minimum absolute atomic E-state index is 0.156. The average Bonchev–Trinajstić information content (AvgIpc) is 3.11. The molecule has 0 unspecified atom stereocenters. The third-order valence-corrected chi connectivity index (χ3v) is 5.19. The number of anilines is 2. The van der Waals surface area contributed by atoms with Gasteiger partial charge in [-0.1, -0.05) is 17.7 Å². The van der Waals surface area contributed by atoms with Gasteiger partial charge < -0.3 is 5.32 Å². The number of nitrogens with zero attached hydrogens (tertiary/aromatic N) is 1. The van der Waals surface area contributed by atoms with Crippen LogP contribution in [0, 0.1) is 19.7 Å². The molecular weight excluding hydrogens is 371 g/mol. The van der Waals surface area contributed by atoms with E-state index in [0.29, 0.717) is 16.9 Å². The maximum absolute atomic E-state index is 13.3. The fraction of sp³-hybridized carbons (Fsp3) is 0.111. The van der Waals surface area contributed by atoms with Crippen LogP contribution in [0.3, 0.4) is 0 Å². The summed E-state index contributed by atoms with van der Waals surface area (Å²) in [5.74, 6) is -1.08. The molecule has 1 amide bonds. The zero-order valence-corrected chi connectivity index (χ0v) is 15.4. The van der Waals surface area contributed by atoms with Crippen LogP contribution >= 0.6 is 0 Å². The van der Waals surface area contributed by atoms with E-state index in [9.17, 15) is 17.6 Å². The van der Waals surface area contributed by atoms with Crippen molar-refractivity contribution in [3.8, 4) is 0 Å². The van der Waals surface area contributed by atoms with E-state index in [-0.39, 0.29) is 10.6 Å². The summed E-state index contributed by atoms with van der Waals surface area (Å²) in [5, 5.41) is 8.19. The summed E-state index contributed by atoms with van der Waals surface area (Å²) >= 11 is 0. The van der Waals surface area contributed by atoms with Crippen LogP contribution < -0.4 is 10.0 Å². The molecule has 7 nitrogen and oxygen atoms in total. The Hall–Kier alpha value is -3.20. The van der Waals surface area contributed by atoms with Gasteiger partial charge in [-0.25, -0.2) is 4.39 Å². The first-order valence-electron chi connectivity index (χ1n) is 7.96. The molecule has 140 valence electrons. The second-order valence-electron chi connectivity index (χ2n) is 6.00. The third-order valence-electron chi connectivity index (χ3n) is 3.84. The van der Waals surface area contributed by atoms with Gasteiger partial charge in [-0.3, -0.25) is 14.6 Å². The van der Waals surface area contributed by atoms with Crippen LogP contribution in [0.2, 0.25) is 0 Å². The van der Waals surface area contributed by atoms with Gasteiger partial charge in [0.1, 0.15) is 5.82 Å². The molecule has 0 saturated carbocycles. The maximum atomic E-state index is 13.3. The smallest absolute Gasteiger partial charge is 0.279 e. The zero-order valence-electron chi connectivity index (χ0n) is 14.6. The van der Waals surface area contributed by atoms with Crippen molar-refractivity contribution in [2.45, 2.75) is 18.9 Å². The lowest BCUT2D eigenvalue weighted by atomic mass is 10.2. The number of aromatic amines is 1. The number of H-pyrrole nitrogens is 1. The van der Waals surface area contributed by atoms with Crippen LogP contribution in [0.1, 0.15) is 21.5 Å². The fourth-order valence-corrected chi connectivity index (χ4v) is 3.55. The monoisotopic (exact) mass is 388 g/mol. The number of hydrogen-bond acceptors (Lipinski definition) is 4. The van der Waals surface area contributed by atoms with Gasteiger partial charge in [0.05, 0.1) is 11.8 Å². The molecule has 0 radical (unpaired) electrons. The highest BCUT2D eigenvalue weighted by Crippen LogP contribution is 2.20. The number of halogens is 1. The van der Waals surface area contributed by atoms with Crippen molar-refractivity contribution in [3.05, 3.63) is 71.2 Å². The zero-order chi connectivity index (χ0) is 19.6. The van der Waals surface area contributed by atoms with Crippen LogP contribution in [0.4, 0.5) is 15.8 Å². The number of nitrogens with one attached hydrogen (secondary N) is 3. The SMILES string of the molecule is Cc1ccc(NS(=O)(=O)c2[nH]ncc2C(=O)Nc2ccc(F)c(C)c2)cc1. The van der Waals surface area contributed by atoms with Gasteiger partial charge in [0.25, 0.3) is 15.9 Å². The van der Waals surface area contributed by atoms with Gasteiger partial charge in [0, 0.05) is 11.4 Å².